The van der Waals surface area contributed by atoms with Crippen LogP contribution in [0.2, 0.25) is 0 Å². The second-order valence-electron chi connectivity index (χ2n) is 4.09. The summed E-state index contributed by atoms with van der Waals surface area (Å²) in [4.78, 5) is 15.2. The van der Waals surface area contributed by atoms with E-state index in [0.717, 1.165) is 6.42 Å². The molecule has 1 saturated heterocycles. The summed E-state index contributed by atoms with van der Waals surface area (Å²) in [5.41, 5.74) is 4.99. The number of hydrogen-bond acceptors (Lipinski definition) is 5. The Bertz CT molecular complexity index is 432. The van der Waals surface area contributed by atoms with Gasteiger partial charge in [0.25, 0.3) is 0 Å². The highest BCUT2D eigenvalue weighted by Gasteiger charge is 2.33. The molecule has 2 heterocycles. The lowest BCUT2D eigenvalue weighted by atomic mass is 10.1. The van der Waals surface area contributed by atoms with Crippen molar-refractivity contribution in [2.75, 3.05) is 12.3 Å². The van der Waals surface area contributed by atoms with Crippen LogP contribution in [0.3, 0.4) is 0 Å². The fourth-order valence-corrected chi connectivity index (χ4v) is 1.99. The van der Waals surface area contributed by atoms with Crippen LogP contribution in [0.4, 0.5) is 5.82 Å². The average Bonchev–Trinajstić information content (AvgIpc) is 2.60. The van der Waals surface area contributed by atoms with E-state index in [-0.39, 0.29) is 30.7 Å². The van der Waals surface area contributed by atoms with Crippen molar-refractivity contribution in [2.45, 2.75) is 25.7 Å². The van der Waals surface area contributed by atoms with E-state index in [2.05, 4.69) is 4.98 Å². The normalized spacial score (nSPS) is 29.5. The largest absolute Gasteiger partial charge is 0.394 e. The number of aliphatic hydroxyl groups excluding tert-OH is 1. The molecule has 3 atom stereocenters. The van der Waals surface area contributed by atoms with Crippen molar-refractivity contribution in [1.82, 2.24) is 9.55 Å². The van der Waals surface area contributed by atoms with Gasteiger partial charge in [-0.2, -0.15) is 4.98 Å². The van der Waals surface area contributed by atoms with Crippen LogP contribution in [-0.2, 0) is 4.74 Å². The van der Waals surface area contributed by atoms with Crippen molar-refractivity contribution in [1.29, 1.82) is 0 Å². The molecule has 1 aliphatic heterocycles. The van der Waals surface area contributed by atoms with Crippen molar-refractivity contribution in [3.63, 3.8) is 0 Å². The van der Waals surface area contributed by atoms with Gasteiger partial charge in [-0.3, -0.25) is 4.57 Å². The zero-order valence-electron chi connectivity index (χ0n) is 9.04. The van der Waals surface area contributed by atoms with Crippen molar-refractivity contribution >= 4 is 5.82 Å². The van der Waals surface area contributed by atoms with E-state index < -0.39 is 5.69 Å². The van der Waals surface area contributed by atoms with E-state index in [1.807, 2.05) is 6.92 Å². The molecule has 6 heteroatoms. The number of nitrogen functional groups attached to an aromatic ring is 1. The number of ether oxygens (including phenoxy) is 1. The van der Waals surface area contributed by atoms with E-state index in [1.165, 1.54) is 4.57 Å². The first-order valence-corrected chi connectivity index (χ1v) is 5.23. The summed E-state index contributed by atoms with van der Waals surface area (Å²) in [6.07, 6.45) is 1.74. The van der Waals surface area contributed by atoms with Gasteiger partial charge in [0.1, 0.15) is 12.0 Å². The Labute approximate surface area is 92.7 Å². The molecule has 0 bridgehead atoms. The molecule has 0 unspecified atom stereocenters. The zero-order chi connectivity index (χ0) is 11.7. The van der Waals surface area contributed by atoms with Crippen molar-refractivity contribution in [2.24, 2.45) is 5.92 Å². The van der Waals surface area contributed by atoms with Gasteiger partial charge < -0.3 is 15.6 Å². The van der Waals surface area contributed by atoms with Gasteiger partial charge in [-0.15, -0.1) is 0 Å². The highest BCUT2D eigenvalue weighted by atomic mass is 16.5. The molecule has 0 aromatic carbocycles. The summed E-state index contributed by atoms with van der Waals surface area (Å²) >= 11 is 0. The molecule has 0 aliphatic carbocycles. The minimum Gasteiger partial charge on any atom is -0.394 e. The predicted octanol–water partition coefficient (Wildman–Crippen LogP) is -0.259. The first-order valence-electron chi connectivity index (χ1n) is 5.23. The lowest BCUT2D eigenvalue weighted by Crippen LogP contribution is -2.29. The van der Waals surface area contributed by atoms with Gasteiger partial charge >= 0.3 is 5.69 Å². The summed E-state index contributed by atoms with van der Waals surface area (Å²) < 4.78 is 6.98. The van der Waals surface area contributed by atoms with Crippen molar-refractivity contribution in [3.05, 3.63) is 22.7 Å². The number of aromatic nitrogens is 2. The third kappa shape index (κ3) is 1.94. The van der Waals surface area contributed by atoms with Gasteiger partial charge in [-0.05, 0) is 12.5 Å². The topological polar surface area (TPSA) is 90.4 Å². The van der Waals surface area contributed by atoms with Gasteiger partial charge in [0.05, 0.1) is 12.7 Å². The van der Waals surface area contributed by atoms with E-state index in [1.54, 1.807) is 12.3 Å². The summed E-state index contributed by atoms with van der Waals surface area (Å²) in [6, 6.07) is 1.56. The number of anilines is 1. The van der Waals surface area contributed by atoms with Crippen LogP contribution in [0.15, 0.2) is 17.1 Å². The molecule has 0 amide bonds. The van der Waals surface area contributed by atoms with Crippen LogP contribution in [0.1, 0.15) is 19.6 Å². The highest BCUT2D eigenvalue weighted by Crippen LogP contribution is 2.32. The Kier molecular flexibility index (Phi) is 2.93. The number of hydrogen-bond donors (Lipinski definition) is 2. The Morgan fingerprint density at radius 1 is 1.75 bits per heavy atom. The minimum absolute atomic E-state index is 0.0298. The number of nitrogens with two attached hydrogens (primary N) is 1. The number of rotatable bonds is 2. The van der Waals surface area contributed by atoms with Crippen LogP contribution in [0.5, 0.6) is 0 Å². The quantitative estimate of drug-likeness (QED) is 0.723. The molecule has 2 rings (SSSR count). The average molecular weight is 225 g/mol. The van der Waals surface area contributed by atoms with Crippen LogP contribution in [0, 0.1) is 5.92 Å². The van der Waals surface area contributed by atoms with Crippen LogP contribution < -0.4 is 11.4 Å². The molecule has 0 saturated carbocycles. The molecule has 1 aromatic rings. The lowest BCUT2D eigenvalue weighted by molar-refractivity contribution is -0.0335. The van der Waals surface area contributed by atoms with E-state index >= 15 is 0 Å². The molecule has 16 heavy (non-hydrogen) atoms. The third-order valence-electron chi connectivity index (χ3n) is 2.78. The first-order chi connectivity index (χ1) is 7.61. The van der Waals surface area contributed by atoms with E-state index in [0.29, 0.717) is 0 Å². The smallest absolute Gasteiger partial charge is 0.351 e. The van der Waals surface area contributed by atoms with Crippen molar-refractivity contribution in [3.8, 4) is 0 Å². The van der Waals surface area contributed by atoms with Crippen LogP contribution in [0.25, 0.3) is 0 Å². The molecule has 1 aliphatic rings. The third-order valence-corrected chi connectivity index (χ3v) is 2.78. The van der Waals surface area contributed by atoms with E-state index in [4.69, 9.17) is 15.6 Å². The monoisotopic (exact) mass is 225 g/mol. The minimum atomic E-state index is -0.421. The maximum atomic E-state index is 11.6. The van der Waals surface area contributed by atoms with Gasteiger partial charge in [-0.25, -0.2) is 4.79 Å². The Morgan fingerprint density at radius 2 is 2.50 bits per heavy atom. The molecular formula is C10H15N3O3. The molecular weight excluding hydrogens is 210 g/mol. The maximum Gasteiger partial charge on any atom is 0.351 e. The molecule has 6 nitrogen and oxygen atoms in total. The summed E-state index contributed by atoms with van der Waals surface area (Å²) in [5, 5.41) is 9.01. The number of nitrogens with zero attached hydrogens (tertiary/aromatic N) is 2. The first kappa shape index (κ1) is 11.1. The zero-order valence-corrected chi connectivity index (χ0v) is 9.04. The Hall–Kier alpha value is -1.40. The molecule has 88 valence electrons. The summed E-state index contributed by atoms with van der Waals surface area (Å²) in [7, 11) is 0. The maximum absolute atomic E-state index is 11.6. The summed E-state index contributed by atoms with van der Waals surface area (Å²) in [6.45, 7) is 1.95. The Morgan fingerprint density at radius 3 is 3.06 bits per heavy atom. The predicted molar refractivity (Wildman–Crippen MR) is 57.7 cm³/mol. The van der Waals surface area contributed by atoms with Crippen LogP contribution >= 0.6 is 0 Å². The standard InChI is InChI=1S/C10H15N3O3/c1-6-4-7(5-14)16-9(6)13-3-2-8(11)12-10(13)15/h2-3,6-7,9,14H,4-5H2,1H3,(H2,11,12,15)/t6-,7+,9+/m1/s1. The SMILES string of the molecule is C[C@@H]1C[C@@H](CO)O[C@@H]1n1ccc(N)nc1=O. The second kappa shape index (κ2) is 4.23. The van der Waals surface area contributed by atoms with Gasteiger partial charge in [0, 0.05) is 12.1 Å². The molecule has 0 radical (unpaired) electrons. The lowest BCUT2D eigenvalue weighted by Gasteiger charge is -2.17. The van der Waals surface area contributed by atoms with Gasteiger partial charge in [0.15, 0.2) is 0 Å². The molecule has 1 fully saturated rings. The molecule has 1 aromatic heterocycles. The second-order valence-corrected chi connectivity index (χ2v) is 4.09. The van der Waals surface area contributed by atoms with Gasteiger partial charge in [0.2, 0.25) is 0 Å². The molecule has 3 N–H and O–H groups in total. The molecule has 0 spiro atoms. The van der Waals surface area contributed by atoms with Crippen LogP contribution in [-0.4, -0.2) is 27.4 Å². The summed E-state index contributed by atoms with van der Waals surface area (Å²) in [5.74, 6) is 0.367. The van der Waals surface area contributed by atoms with Crippen molar-refractivity contribution < 1.29 is 9.84 Å². The number of aliphatic hydroxyl groups is 1. The fraction of sp³-hybridized carbons (Fsp3) is 0.600. The van der Waals surface area contributed by atoms with E-state index in [9.17, 15) is 4.79 Å². The Balaban J connectivity index is 2.28. The highest BCUT2D eigenvalue weighted by molar-refractivity contribution is 5.23. The fourth-order valence-electron chi connectivity index (χ4n) is 1.99. The van der Waals surface area contributed by atoms with Gasteiger partial charge in [-0.1, -0.05) is 6.92 Å².